The van der Waals surface area contributed by atoms with Gasteiger partial charge in [0.15, 0.2) is 5.82 Å². The van der Waals surface area contributed by atoms with Crippen LogP contribution in [0, 0.1) is 5.92 Å². The van der Waals surface area contributed by atoms with Crippen LogP contribution in [0.4, 0.5) is 0 Å². The number of carbonyl (C=O) groups excluding carboxylic acids is 2. The molecule has 0 unspecified atom stereocenters. The third-order valence-corrected chi connectivity index (χ3v) is 6.69. The number of carbonyl (C=O) groups is 2. The van der Waals surface area contributed by atoms with Crippen molar-refractivity contribution in [3.05, 3.63) is 11.7 Å². The van der Waals surface area contributed by atoms with Gasteiger partial charge in [0.25, 0.3) is 0 Å². The number of rotatable bonds is 13. The molecule has 0 radical (unpaired) electrons. The summed E-state index contributed by atoms with van der Waals surface area (Å²) in [5.41, 5.74) is -0.481. The molecule has 1 amide bonds. The Morgan fingerprint density at radius 1 is 1.18 bits per heavy atom. The molecule has 8 heteroatoms. The molecule has 1 aliphatic rings. The minimum Gasteiger partial charge on any atom is -0.460 e. The van der Waals surface area contributed by atoms with Gasteiger partial charge < -0.3 is 14.2 Å². The summed E-state index contributed by atoms with van der Waals surface area (Å²) in [4.78, 5) is 32.6. The molecule has 0 saturated heterocycles. The molecule has 0 aromatic carbocycles. The van der Waals surface area contributed by atoms with E-state index in [9.17, 15) is 9.59 Å². The van der Waals surface area contributed by atoms with E-state index in [4.69, 9.17) is 9.26 Å². The Bertz CT molecular complexity index is 741. The first-order valence-corrected chi connectivity index (χ1v) is 12.5. The summed E-state index contributed by atoms with van der Waals surface area (Å²) in [5, 5.41) is 4.12. The van der Waals surface area contributed by atoms with Crippen molar-refractivity contribution in [3.63, 3.8) is 0 Å². The Morgan fingerprint density at radius 3 is 2.52 bits per heavy atom. The third-order valence-electron chi connectivity index (χ3n) is 6.69. The second kappa shape index (κ2) is 13.1. The first-order chi connectivity index (χ1) is 15.6. The molecule has 8 nitrogen and oxygen atoms in total. The first kappa shape index (κ1) is 27.3. The average molecular weight is 465 g/mol. The minimum atomic E-state index is -0.481. The van der Waals surface area contributed by atoms with Crippen LogP contribution >= 0.6 is 0 Å². The van der Waals surface area contributed by atoms with Gasteiger partial charge in [-0.2, -0.15) is 4.98 Å². The zero-order chi connectivity index (χ0) is 24.4. The molecule has 1 aromatic heterocycles. The summed E-state index contributed by atoms with van der Waals surface area (Å²) < 4.78 is 11.3. The highest BCUT2D eigenvalue weighted by atomic mass is 16.6. The van der Waals surface area contributed by atoms with E-state index in [2.05, 4.69) is 10.1 Å². The second-order valence-electron chi connectivity index (χ2n) is 10.4. The molecule has 0 spiro atoms. The lowest BCUT2D eigenvalue weighted by molar-refractivity contribution is -0.157. The van der Waals surface area contributed by atoms with Crippen molar-refractivity contribution in [2.45, 2.75) is 103 Å². The van der Waals surface area contributed by atoms with Gasteiger partial charge in [-0.1, -0.05) is 57.0 Å². The Morgan fingerprint density at radius 2 is 1.88 bits per heavy atom. The summed E-state index contributed by atoms with van der Waals surface area (Å²) in [6, 6.07) is 0. The first-order valence-electron chi connectivity index (χ1n) is 12.5. The van der Waals surface area contributed by atoms with E-state index in [1.807, 2.05) is 32.7 Å². The van der Waals surface area contributed by atoms with Crippen LogP contribution in [0.5, 0.6) is 0 Å². The van der Waals surface area contributed by atoms with Gasteiger partial charge >= 0.3 is 5.97 Å². The topological polar surface area (TPSA) is 88.8 Å². The normalized spacial score (nSPS) is 16.1. The largest absolute Gasteiger partial charge is 0.460 e. The van der Waals surface area contributed by atoms with E-state index in [1.165, 1.54) is 38.5 Å². The maximum atomic E-state index is 12.7. The average Bonchev–Trinajstić information content (AvgIpc) is 3.21. The van der Waals surface area contributed by atoms with Crippen molar-refractivity contribution in [1.82, 2.24) is 19.9 Å². The maximum Gasteiger partial charge on any atom is 0.307 e. The quantitative estimate of drug-likeness (QED) is 0.396. The Kier molecular flexibility index (Phi) is 10.8. The predicted molar refractivity (Wildman–Crippen MR) is 128 cm³/mol. The smallest absolute Gasteiger partial charge is 0.307 e. The number of aromatic nitrogens is 2. The lowest BCUT2D eigenvalue weighted by Gasteiger charge is -2.25. The fourth-order valence-corrected chi connectivity index (χ4v) is 4.23. The van der Waals surface area contributed by atoms with Gasteiger partial charge in [0.1, 0.15) is 5.60 Å². The predicted octanol–water partition coefficient (Wildman–Crippen LogP) is 4.55. The zero-order valence-electron chi connectivity index (χ0n) is 21.6. The van der Waals surface area contributed by atoms with Crippen molar-refractivity contribution in [2.24, 2.45) is 5.92 Å². The van der Waals surface area contributed by atoms with Crippen LogP contribution in [0.3, 0.4) is 0 Å². The van der Waals surface area contributed by atoms with Gasteiger partial charge in [-0.05, 0) is 39.7 Å². The summed E-state index contributed by atoms with van der Waals surface area (Å²) in [7, 11) is 5.32. The van der Waals surface area contributed by atoms with E-state index in [0.29, 0.717) is 18.3 Å². The highest BCUT2D eigenvalue weighted by Crippen LogP contribution is 2.31. The summed E-state index contributed by atoms with van der Waals surface area (Å²) in [6.07, 6.45) is 10.7. The number of ether oxygens (including phenoxy) is 1. The van der Waals surface area contributed by atoms with Crippen molar-refractivity contribution in [2.75, 3.05) is 27.7 Å². The van der Waals surface area contributed by atoms with Gasteiger partial charge in [0.2, 0.25) is 11.8 Å². The molecule has 1 heterocycles. The molecular formula is C25H44N4O4. The van der Waals surface area contributed by atoms with Crippen LogP contribution in [-0.2, 0) is 20.9 Å². The molecule has 1 aliphatic carbocycles. The molecular weight excluding hydrogens is 420 g/mol. The van der Waals surface area contributed by atoms with E-state index in [0.717, 1.165) is 25.2 Å². The Balaban J connectivity index is 2.00. The van der Waals surface area contributed by atoms with Crippen molar-refractivity contribution < 1.29 is 18.8 Å². The molecule has 0 bridgehead atoms. The lowest BCUT2D eigenvalue weighted by Crippen LogP contribution is -2.34. The molecule has 1 saturated carbocycles. The number of likely N-dealkylation sites (N-methyl/N-ethyl adjacent to an activating group) is 2. The number of hydrogen-bond acceptors (Lipinski definition) is 7. The van der Waals surface area contributed by atoms with Gasteiger partial charge in [-0.25, -0.2) is 0 Å². The van der Waals surface area contributed by atoms with Crippen LogP contribution in [0.15, 0.2) is 4.52 Å². The van der Waals surface area contributed by atoms with E-state index < -0.39 is 5.60 Å². The van der Waals surface area contributed by atoms with Crippen LogP contribution in [0.1, 0.15) is 103 Å². The molecule has 188 valence electrons. The lowest BCUT2D eigenvalue weighted by atomic mass is 9.84. The van der Waals surface area contributed by atoms with E-state index in [1.54, 1.807) is 19.0 Å². The number of nitrogens with zero attached hydrogens (tertiary/aromatic N) is 4. The third kappa shape index (κ3) is 9.82. The molecule has 1 atom stereocenters. The van der Waals surface area contributed by atoms with Gasteiger partial charge in [0, 0.05) is 20.0 Å². The minimum absolute atomic E-state index is 0.0168. The standard InChI is InChI=1S/C25H44N4O4/c1-7-25(2,3)32-23(31)16-20(15-11-14-19-12-9-8-10-13-19)24-26-21(27-33-24)17-29(6)18-22(30)28(4)5/h19-20H,7-18H2,1-6H3/t20-/m1/s1. The summed E-state index contributed by atoms with van der Waals surface area (Å²) >= 11 is 0. The highest BCUT2D eigenvalue weighted by molar-refractivity contribution is 5.77. The van der Waals surface area contributed by atoms with Crippen molar-refractivity contribution >= 4 is 11.9 Å². The van der Waals surface area contributed by atoms with E-state index >= 15 is 0 Å². The Labute approximate surface area is 199 Å². The van der Waals surface area contributed by atoms with Gasteiger partial charge in [0.05, 0.1) is 19.5 Å². The Hall–Kier alpha value is -1.96. The molecule has 33 heavy (non-hydrogen) atoms. The van der Waals surface area contributed by atoms with Crippen LogP contribution in [0.25, 0.3) is 0 Å². The molecule has 1 aromatic rings. The van der Waals surface area contributed by atoms with Crippen LogP contribution in [-0.4, -0.2) is 65.1 Å². The fourth-order valence-electron chi connectivity index (χ4n) is 4.23. The van der Waals surface area contributed by atoms with Crippen molar-refractivity contribution in [1.29, 1.82) is 0 Å². The number of esters is 1. The molecule has 2 rings (SSSR count). The summed E-state index contributed by atoms with van der Waals surface area (Å²) in [5.74, 6) is 1.46. The molecule has 0 aliphatic heterocycles. The molecule has 1 fully saturated rings. The SMILES string of the molecule is CCC(C)(C)OC(=O)C[C@@H](CCCC1CCCCC1)c1nc(CN(C)CC(=O)N(C)C)no1. The summed E-state index contributed by atoms with van der Waals surface area (Å²) in [6.45, 7) is 6.55. The van der Waals surface area contributed by atoms with Crippen molar-refractivity contribution in [3.8, 4) is 0 Å². The maximum absolute atomic E-state index is 12.7. The second-order valence-corrected chi connectivity index (χ2v) is 10.4. The van der Waals surface area contributed by atoms with Crippen LogP contribution in [0.2, 0.25) is 0 Å². The molecule has 0 N–H and O–H groups in total. The van der Waals surface area contributed by atoms with Gasteiger partial charge in [-0.3, -0.25) is 14.5 Å². The van der Waals surface area contributed by atoms with Gasteiger partial charge in [-0.15, -0.1) is 0 Å². The monoisotopic (exact) mass is 464 g/mol. The van der Waals surface area contributed by atoms with E-state index in [-0.39, 0.29) is 30.8 Å². The van der Waals surface area contributed by atoms with Crippen LogP contribution < -0.4 is 0 Å². The highest BCUT2D eigenvalue weighted by Gasteiger charge is 2.27. The number of amides is 1. The number of hydrogen-bond donors (Lipinski definition) is 0. The fraction of sp³-hybridized carbons (Fsp3) is 0.840. The zero-order valence-corrected chi connectivity index (χ0v) is 21.6.